The Morgan fingerprint density at radius 2 is 1.73 bits per heavy atom. The largest absolute Gasteiger partial charge is 0.354 e. The predicted molar refractivity (Wildman–Crippen MR) is 96.4 cm³/mol. The quantitative estimate of drug-likeness (QED) is 0.871. The molecule has 1 N–H and O–H groups in total. The van der Waals surface area contributed by atoms with Crippen molar-refractivity contribution < 1.29 is 18.0 Å². The van der Waals surface area contributed by atoms with Crippen LogP contribution in [0.4, 0.5) is 0 Å². The Labute approximate surface area is 153 Å². The second-order valence-corrected chi connectivity index (χ2v) is 9.76. The molecule has 0 bridgehead atoms. The zero-order valence-corrected chi connectivity index (χ0v) is 15.5. The summed E-state index contributed by atoms with van der Waals surface area (Å²) in [5.74, 6) is -0.207. The van der Waals surface area contributed by atoms with Crippen molar-refractivity contribution in [1.29, 1.82) is 0 Å². The number of likely N-dealkylation sites (tertiary alicyclic amines) is 1. The van der Waals surface area contributed by atoms with Crippen LogP contribution < -0.4 is 5.32 Å². The molecule has 0 unspecified atom stereocenters. The summed E-state index contributed by atoms with van der Waals surface area (Å²) >= 11 is 0. The molecule has 2 saturated heterocycles. The number of nitrogens with zero attached hydrogens (tertiary/aromatic N) is 1. The first kappa shape index (κ1) is 17.5. The average Bonchev–Trinajstić information content (AvgIpc) is 3.32. The number of sulfone groups is 1. The van der Waals surface area contributed by atoms with Crippen molar-refractivity contribution >= 4 is 21.7 Å². The fourth-order valence-corrected chi connectivity index (χ4v) is 6.40. The van der Waals surface area contributed by atoms with Gasteiger partial charge in [-0.1, -0.05) is 12.8 Å². The van der Waals surface area contributed by atoms with Crippen LogP contribution in [0.25, 0.3) is 0 Å². The summed E-state index contributed by atoms with van der Waals surface area (Å²) in [5.41, 5.74) is 0.482. The molecular weight excluding hydrogens is 352 g/mol. The van der Waals surface area contributed by atoms with Crippen molar-refractivity contribution in [3.05, 3.63) is 29.8 Å². The third kappa shape index (κ3) is 2.92. The van der Waals surface area contributed by atoms with Crippen molar-refractivity contribution in [2.45, 2.75) is 54.7 Å². The molecule has 140 valence electrons. The smallest absolute Gasteiger partial charge is 0.254 e. The maximum atomic E-state index is 12.9. The molecule has 26 heavy (non-hydrogen) atoms. The molecule has 2 aliphatic heterocycles. The first-order valence-electron chi connectivity index (χ1n) is 9.41. The summed E-state index contributed by atoms with van der Waals surface area (Å²) in [6.07, 6.45) is 5.00. The van der Waals surface area contributed by atoms with E-state index in [9.17, 15) is 18.0 Å². The monoisotopic (exact) mass is 376 g/mol. The Hall–Kier alpha value is -1.89. The molecular formula is C19H24N2O4S. The zero-order valence-electron chi connectivity index (χ0n) is 14.7. The molecule has 2 amide bonds. The molecule has 1 saturated carbocycles. The van der Waals surface area contributed by atoms with Crippen LogP contribution >= 0.6 is 0 Å². The van der Waals surface area contributed by atoms with Gasteiger partial charge in [0.1, 0.15) is 0 Å². The summed E-state index contributed by atoms with van der Waals surface area (Å²) in [7, 11) is -3.31. The molecule has 6 nitrogen and oxygen atoms in total. The van der Waals surface area contributed by atoms with Crippen LogP contribution in [0, 0.1) is 5.92 Å². The number of amides is 2. The standard InChI is InChI=1S/C19H24N2O4S/c22-18-16-6-3-11-21(17(16)12-20-18)19(23)13-7-9-15(10-8-13)26(24,25)14-4-1-2-5-14/h7-10,14,16-17H,1-6,11-12H2,(H,20,22)/t16-,17-/m1/s1. The highest BCUT2D eigenvalue weighted by atomic mass is 32.2. The third-order valence-electron chi connectivity index (χ3n) is 6.03. The van der Waals surface area contributed by atoms with Crippen molar-refractivity contribution in [2.75, 3.05) is 13.1 Å². The number of carbonyl (C=O) groups is 2. The second kappa shape index (κ2) is 6.68. The minimum absolute atomic E-state index is 0.0329. The van der Waals surface area contributed by atoms with E-state index in [1.54, 1.807) is 29.2 Å². The van der Waals surface area contributed by atoms with Gasteiger partial charge in [0.25, 0.3) is 5.91 Å². The Morgan fingerprint density at radius 3 is 2.42 bits per heavy atom. The Morgan fingerprint density at radius 1 is 1.04 bits per heavy atom. The van der Waals surface area contributed by atoms with E-state index < -0.39 is 9.84 Å². The summed E-state index contributed by atoms with van der Waals surface area (Å²) in [6, 6.07) is 6.24. The molecule has 0 aromatic heterocycles. The zero-order chi connectivity index (χ0) is 18.3. The van der Waals surface area contributed by atoms with Gasteiger partial charge in [-0.2, -0.15) is 0 Å². The maximum Gasteiger partial charge on any atom is 0.254 e. The third-order valence-corrected chi connectivity index (χ3v) is 8.31. The SMILES string of the molecule is O=C1NC[C@@H]2[C@H]1CCCN2C(=O)c1ccc(S(=O)(=O)C2CCCC2)cc1. The topological polar surface area (TPSA) is 83.6 Å². The molecule has 4 rings (SSSR count). The van der Waals surface area contributed by atoms with Gasteiger partial charge in [-0.3, -0.25) is 9.59 Å². The summed E-state index contributed by atoms with van der Waals surface area (Å²) < 4.78 is 25.3. The highest BCUT2D eigenvalue weighted by Crippen LogP contribution is 2.31. The van der Waals surface area contributed by atoms with Crippen molar-refractivity contribution in [3.8, 4) is 0 Å². The van der Waals surface area contributed by atoms with E-state index in [1.807, 2.05) is 0 Å². The van der Waals surface area contributed by atoms with Crippen LogP contribution in [0.2, 0.25) is 0 Å². The lowest BCUT2D eigenvalue weighted by Crippen LogP contribution is -2.48. The van der Waals surface area contributed by atoms with Gasteiger partial charge in [0, 0.05) is 18.7 Å². The van der Waals surface area contributed by atoms with E-state index in [4.69, 9.17) is 0 Å². The van der Waals surface area contributed by atoms with Crippen LogP contribution in [0.1, 0.15) is 48.9 Å². The number of fused-ring (bicyclic) bond motifs is 1. The molecule has 3 fully saturated rings. The van der Waals surface area contributed by atoms with Crippen molar-refractivity contribution in [1.82, 2.24) is 10.2 Å². The first-order chi connectivity index (χ1) is 12.5. The van der Waals surface area contributed by atoms with Gasteiger partial charge < -0.3 is 10.2 Å². The molecule has 2 atom stereocenters. The highest BCUT2D eigenvalue weighted by molar-refractivity contribution is 7.92. The van der Waals surface area contributed by atoms with Crippen molar-refractivity contribution in [3.63, 3.8) is 0 Å². The number of carbonyl (C=O) groups excluding carboxylic acids is 2. The lowest BCUT2D eigenvalue weighted by molar-refractivity contribution is -0.123. The molecule has 1 aliphatic carbocycles. The van der Waals surface area contributed by atoms with E-state index >= 15 is 0 Å². The second-order valence-electron chi connectivity index (χ2n) is 7.54. The van der Waals surface area contributed by atoms with E-state index in [0.29, 0.717) is 23.5 Å². The minimum atomic E-state index is -3.31. The number of hydrogen-bond acceptors (Lipinski definition) is 4. The molecule has 3 aliphatic rings. The maximum absolute atomic E-state index is 12.9. The Balaban J connectivity index is 1.53. The van der Waals surface area contributed by atoms with E-state index in [2.05, 4.69) is 5.32 Å². The molecule has 0 radical (unpaired) electrons. The molecule has 1 aromatic rings. The van der Waals surface area contributed by atoms with Gasteiger partial charge in [0.05, 0.1) is 22.1 Å². The van der Waals surface area contributed by atoms with E-state index in [1.165, 1.54) is 0 Å². The van der Waals surface area contributed by atoms with Gasteiger partial charge in [0.15, 0.2) is 9.84 Å². The summed E-state index contributed by atoms with van der Waals surface area (Å²) in [6.45, 7) is 1.14. The first-order valence-corrected chi connectivity index (χ1v) is 11.0. The number of nitrogens with one attached hydrogen (secondary N) is 1. The summed E-state index contributed by atoms with van der Waals surface area (Å²) in [4.78, 5) is 26.9. The molecule has 7 heteroatoms. The lowest BCUT2D eigenvalue weighted by atomic mass is 9.91. The number of benzene rings is 1. The number of rotatable bonds is 3. The minimum Gasteiger partial charge on any atom is -0.354 e. The average molecular weight is 376 g/mol. The Kier molecular flexibility index (Phi) is 4.50. The Bertz CT molecular complexity index is 812. The van der Waals surface area contributed by atoms with Crippen LogP contribution in [0.15, 0.2) is 29.2 Å². The normalized spacial score (nSPS) is 26.6. The highest BCUT2D eigenvalue weighted by Gasteiger charge is 2.42. The molecule has 1 aromatic carbocycles. The van der Waals surface area contributed by atoms with Crippen LogP contribution in [0.5, 0.6) is 0 Å². The molecule has 0 spiro atoms. The van der Waals surface area contributed by atoms with Gasteiger partial charge in [-0.25, -0.2) is 8.42 Å². The molecule has 2 heterocycles. The van der Waals surface area contributed by atoms with Gasteiger partial charge in [-0.05, 0) is 49.9 Å². The predicted octanol–water partition coefficient (Wildman–Crippen LogP) is 1.75. The van der Waals surface area contributed by atoms with Crippen molar-refractivity contribution in [2.24, 2.45) is 5.92 Å². The van der Waals surface area contributed by atoms with Gasteiger partial charge in [0.2, 0.25) is 5.91 Å². The van der Waals surface area contributed by atoms with E-state index in [-0.39, 0.29) is 29.0 Å². The fraction of sp³-hybridized carbons (Fsp3) is 0.579. The number of hydrogen-bond donors (Lipinski definition) is 1. The number of piperidine rings is 1. The van der Waals surface area contributed by atoms with Crippen LogP contribution in [-0.4, -0.2) is 49.5 Å². The fourth-order valence-electron chi connectivity index (χ4n) is 4.55. The van der Waals surface area contributed by atoms with Crippen LogP contribution in [0.3, 0.4) is 0 Å². The van der Waals surface area contributed by atoms with Gasteiger partial charge in [-0.15, -0.1) is 0 Å². The van der Waals surface area contributed by atoms with Crippen LogP contribution in [-0.2, 0) is 14.6 Å². The summed E-state index contributed by atoms with van der Waals surface area (Å²) in [5, 5.41) is 2.56. The lowest BCUT2D eigenvalue weighted by Gasteiger charge is -2.36. The van der Waals surface area contributed by atoms with Gasteiger partial charge >= 0.3 is 0 Å². The van der Waals surface area contributed by atoms with E-state index in [0.717, 1.165) is 38.5 Å².